The quantitative estimate of drug-likeness (QED) is 0.778. The maximum Gasteiger partial charge on any atom is 0.253 e. The van der Waals surface area contributed by atoms with E-state index in [-0.39, 0.29) is 0 Å². The van der Waals surface area contributed by atoms with Crippen LogP contribution in [-0.4, -0.2) is 38.5 Å². The molecule has 2 rings (SSSR count). The zero-order valence-electron chi connectivity index (χ0n) is 11.9. The van der Waals surface area contributed by atoms with Gasteiger partial charge in [0.2, 0.25) is 0 Å². The van der Waals surface area contributed by atoms with E-state index in [0.717, 1.165) is 11.1 Å². The van der Waals surface area contributed by atoms with Gasteiger partial charge in [0.1, 0.15) is 19.1 Å². The summed E-state index contributed by atoms with van der Waals surface area (Å²) in [6.45, 7) is -0.957. The lowest BCUT2D eigenvalue weighted by Gasteiger charge is -2.22. The number of benzene rings is 1. The number of hydrogen-bond donors (Lipinski definition) is 2. The molecule has 5 nitrogen and oxygen atoms in total. The summed E-state index contributed by atoms with van der Waals surface area (Å²) < 4.78 is 13.1. The predicted octanol–water partition coefficient (Wildman–Crippen LogP) is 2.44. The Labute approximate surface area is 142 Å². The summed E-state index contributed by atoms with van der Waals surface area (Å²) in [7, 11) is 0. The van der Waals surface area contributed by atoms with Gasteiger partial charge in [-0.2, -0.15) is 0 Å². The van der Waals surface area contributed by atoms with Crippen LogP contribution in [0.25, 0.3) is 11.1 Å². The predicted molar refractivity (Wildman–Crippen MR) is 85.8 cm³/mol. The van der Waals surface area contributed by atoms with E-state index >= 15 is 0 Å². The molecule has 0 spiro atoms. The Morgan fingerprint density at radius 1 is 1.17 bits per heavy atom. The summed E-state index contributed by atoms with van der Waals surface area (Å²) in [5.74, 6) is -0.756. The number of aliphatic hydroxyl groups is 1. The molecule has 1 amide bonds. The lowest BCUT2D eigenvalue weighted by Crippen LogP contribution is -2.43. The molecule has 0 aliphatic heterocycles. The van der Waals surface area contributed by atoms with Gasteiger partial charge < -0.3 is 10.4 Å². The average molecular weight is 358 g/mol. The normalized spacial score (nSPS) is 13.6. The molecule has 2 atom stereocenters. The van der Waals surface area contributed by atoms with E-state index in [1.165, 1.54) is 6.33 Å². The monoisotopic (exact) mass is 357 g/mol. The second kappa shape index (κ2) is 8.19. The number of aromatic nitrogens is 2. The molecule has 23 heavy (non-hydrogen) atoms. The van der Waals surface area contributed by atoms with Crippen molar-refractivity contribution in [3.8, 4) is 11.1 Å². The highest BCUT2D eigenvalue weighted by molar-refractivity contribution is 6.53. The van der Waals surface area contributed by atoms with Crippen LogP contribution in [0.15, 0.2) is 43.0 Å². The number of alkyl halides is 3. The summed E-state index contributed by atoms with van der Waals surface area (Å²) in [5.41, 5.74) is 2.12. The van der Waals surface area contributed by atoms with E-state index < -0.39 is 29.6 Å². The Morgan fingerprint density at radius 3 is 2.30 bits per heavy atom. The van der Waals surface area contributed by atoms with Crippen molar-refractivity contribution >= 4 is 29.1 Å². The minimum atomic E-state index is -1.32. The van der Waals surface area contributed by atoms with Crippen molar-refractivity contribution in [3.63, 3.8) is 0 Å². The van der Waals surface area contributed by atoms with Crippen molar-refractivity contribution in [2.75, 3.05) is 6.67 Å². The van der Waals surface area contributed by atoms with Gasteiger partial charge in [-0.15, -0.1) is 0 Å². The molecule has 0 fully saturated rings. The number of halogens is 3. The van der Waals surface area contributed by atoms with Crippen LogP contribution in [0.3, 0.4) is 0 Å². The Bertz CT molecular complexity index is 641. The molecule has 0 aliphatic rings. The number of hydrogen-bond acceptors (Lipinski definition) is 4. The minimum absolute atomic E-state index is 0.453. The smallest absolute Gasteiger partial charge is 0.253 e. The van der Waals surface area contributed by atoms with Crippen LogP contribution in [0.5, 0.6) is 0 Å². The third kappa shape index (κ3) is 4.60. The van der Waals surface area contributed by atoms with Gasteiger partial charge in [0.05, 0.1) is 6.04 Å². The summed E-state index contributed by atoms with van der Waals surface area (Å²) >= 11 is 10.8. The fraction of sp³-hybridized carbons (Fsp3) is 0.267. The highest BCUT2D eigenvalue weighted by Gasteiger charge is 2.25. The number of carbonyl (C=O) groups is 1. The second-order valence-electron chi connectivity index (χ2n) is 4.76. The molecule has 0 aliphatic carbocycles. The maximum atomic E-state index is 13.1. The molecule has 2 N–H and O–H groups in total. The van der Waals surface area contributed by atoms with E-state index in [4.69, 9.17) is 23.2 Å². The van der Waals surface area contributed by atoms with Crippen molar-refractivity contribution in [2.24, 2.45) is 0 Å². The highest BCUT2D eigenvalue weighted by atomic mass is 35.5. The van der Waals surface area contributed by atoms with Gasteiger partial charge in [-0.1, -0.05) is 47.5 Å². The van der Waals surface area contributed by atoms with Gasteiger partial charge in [0.25, 0.3) is 5.91 Å². The van der Waals surface area contributed by atoms with Gasteiger partial charge in [-0.05, 0) is 11.1 Å². The van der Waals surface area contributed by atoms with Crippen LogP contribution in [0.4, 0.5) is 4.39 Å². The first-order valence-corrected chi connectivity index (χ1v) is 7.58. The molecule has 0 bridgehead atoms. The van der Waals surface area contributed by atoms with Crippen LogP contribution >= 0.6 is 23.2 Å². The Morgan fingerprint density at radius 2 is 1.78 bits per heavy atom. The highest BCUT2D eigenvalue weighted by Crippen LogP contribution is 2.23. The third-order valence-electron chi connectivity index (χ3n) is 3.22. The Balaban J connectivity index is 2.12. The van der Waals surface area contributed by atoms with Gasteiger partial charge in [0, 0.05) is 18.0 Å². The van der Waals surface area contributed by atoms with Crippen molar-refractivity contribution in [3.05, 3.63) is 48.5 Å². The molecule has 0 saturated carbocycles. The van der Waals surface area contributed by atoms with Crippen LogP contribution in [0, 0.1) is 0 Å². The zero-order chi connectivity index (χ0) is 16.8. The van der Waals surface area contributed by atoms with Crippen molar-refractivity contribution in [2.45, 2.75) is 17.0 Å². The summed E-state index contributed by atoms with van der Waals surface area (Å²) in [5, 5.41) is 12.5. The first-order valence-electron chi connectivity index (χ1n) is 6.71. The zero-order valence-corrected chi connectivity index (χ0v) is 13.4. The first-order chi connectivity index (χ1) is 11.0. The van der Waals surface area contributed by atoms with Gasteiger partial charge >= 0.3 is 0 Å². The molecule has 8 heteroatoms. The van der Waals surface area contributed by atoms with Crippen LogP contribution < -0.4 is 5.32 Å². The number of amides is 1. The van der Waals surface area contributed by atoms with Crippen LogP contribution in [-0.2, 0) is 4.79 Å². The topological polar surface area (TPSA) is 75.1 Å². The molecule has 0 saturated heterocycles. The maximum absolute atomic E-state index is 13.1. The third-order valence-corrected chi connectivity index (χ3v) is 3.62. The average Bonchev–Trinajstić information content (AvgIpc) is 2.59. The summed E-state index contributed by atoms with van der Waals surface area (Å²) in [6.07, 6.45) is 3.52. The Hall–Kier alpha value is -1.76. The molecule has 0 unspecified atom stereocenters. The molecule has 122 valence electrons. The molecule has 0 radical (unpaired) electrons. The fourth-order valence-corrected chi connectivity index (χ4v) is 2.13. The largest absolute Gasteiger partial charge is 0.386 e. The van der Waals surface area contributed by atoms with Gasteiger partial charge in [-0.25, -0.2) is 14.4 Å². The van der Waals surface area contributed by atoms with Crippen molar-refractivity contribution in [1.82, 2.24) is 15.3 Å². The van der Waals surface area contributed by atoms with Crippen molar-refractivity contribution < 1.29 is 14.3 Å². The lowest BCUT2D eigenvalue weighted by molar-refractivity contribution is -0.121. The number of nitrogens with zero attached hydrogens (tertiary/aromatic N) is 2. The fourth-order valence-electron chi connectivity index (χ4n) is 2.00. The standard InChI is InChI=1S/C15H14Cl2FN3O2/c16-14(17)15(23)21-12(5-18)13(22)10-3-1-9(2-4-10)11-6-19-8-20-7-11/h1-4,6-8,12-14,22H,5H2,(H,21,23)/t12-,13-/m1/s1. The number of aliphatic hydroxyl groups excluding tert-OH is 1. The molecule has 1 aromatic carbocycles. The number of carbonyl (C=O) groups excluding carboxylic acids is 1. The van der Waals surface area contributed by atoms with E-state index in [1.54, 1.807) is 36.7 Å². The van der Waals surface area contributed by atoms with Crippen LogP contribution in [0.1, 0.15) is 11.7 Å². The number of nitrogens with one attached hydrogen (secondary N) is 1. The van der Waals surface area contributed by atoms with Crippen LogP contribution in [0.2, 0.25) is 0 Å². The first kappa shape index (κ1) is 17.6. The lowest BCUT2D eigenvalue weighted by atomic mass is 10.00. The second-order valence-corrected chi connectivity index (χ2v) is 5.86. The van der Waals surface area contributed by atoms with E-state index in [9.17, 15) is 14.3 Å². The van der Waals surface area contributed by atoms with Gasteiger partial charge in [0.15, 0.2) is 4.84 Å². The molecule has 2 aromatic rings. The van der Waals surface area contributed by atoms with E-state index in [1.807, 2.05) is 0 Å². The van der Waals surface area contributed by atoms with E-state index in [2.05, 4.69) is 15.3 Å². The molecule has 1 heterocycles. The Kier molecular flexibility index (Phi) is 6.27. The van der Waals surface area contributed by atoms with Gasteiger partial charge in [-0.3, -0.25) is 4.79 Å². The minimum Gasteiger partial charge on any atom is -0.386 e. The number of rotatable bonds is 6. The molecular formula is C15H14Cl2FN3O2. The molecular weight excluding hydrogens is 344 g/mol. The summed E-state index contributed by atoms with van der Waals surface area (Å²) in [6, 6.07) is 5.65. The van der Waals surface area contributed by atoms with E-state index in [0.29, 0.717) is 5.56 Å². The van der Waals surface area contributed by atoms with Crippen molar-refractivity contribution in [1.29, 1.82) is 0 Å². The molecule has 1 aromatic heterocycles. The SMILES string of the molecule is O=C(N[C@H](CF)[C@H](O)c1ccc(-c2cncnc2)cc1)C(Cl)Cl. The summed E-state index contributed by atoms with van der Waals surface area (Å²) in [4.78, 5) is 18.0.